The standard InChI is InChI=1S/C15H13N3O2/c1-11-10-13(6-8-16-11)18-15(20)14-12(5-3-9-19)4-2-7-17-14/h2,4,6-8,10,19H,9H2,1H3,(H,16,18,20). The molecule has 2 N–H and O–H groups in total. The third-order valence-electron chi connectivity index (χ3n) is 2.48. The second kappa shape index (κ2) is 6.45. The van der Waals surface area contributed by atoms with E-state index < -0.39 is 0 Å². The topological polar surface area (TPSA) is 75.1 Å². The first-order valence-corrected chi connectivity index (χ1v) is 5.99. The Morgan fingerprint density at radius 2 is 2.20 bits per heavy atom. The van der Waals surface area contributed by atoms with Crippen LogP contribution in [0.25, 0.3) is 0 Å². The summed E-state index contributed by atoms with van der Waals surface area (Å²) < 4.78 is 0. The zero-order chi connectivity index (χ0) is 14.4. The summed E-state index contributed by atoms with van der Waals surface area (Å²) in [6, 6.07) is 6.84. The van der Waals surface area contributed by atoms with Crippen molar-refractivity contribution in [2.75, 3.05) is 11.9 Å². The first-order valence-electron chi connectivity index (χ1n) is 5.99. The van der Waals surface area contributed by atoms with Crippen molar-refractivity contribution in [2.24, 2.45) is 0 Å². The van der Waals surface area contributed by atoms with E-state index in [2.05, 4.69) is 27.1 Å². The van der Waals surface area contributed by atoms with Gasteiger partial charge in [0.05, 0.1) is 5.56 Å². The van der Waals surface area contributed by atoms with E-state index in [0.717, 1.165) is 5.69 Å². The minimum absolute atomic E-state index is 0.225. The van der Waals surface area contributed by atoms with E-state index in [1.807, 2.05) is 6.92 Å². The average molecular weight is 267 g/mol. The Bertz CT molecular complexity index is 687. The van der Waals surface area contributed by atoms with E-state index in [4.69, 9.17) is 5.11 Å². The highest BCUT2D eigenvalue weighted by molar-refractivity contribution is 6.04. The number of anilines is 1. The molecule has 0 fully saturated rings. The van der Waals surface area contributed by atoms with E-state index in [1.54, 1.807) is 30.5 Å². The van der Waals surface area contributed by atoms with E-state index >= 15 is 0 Å². The van der Waals surface area contributed by atoms with Crippen molar-refractivity contribution >= 4 is 11.6 Å². The molecule has 100 valence electrons. The molecule has 2 aromatic rings. The minimum atomic E-state index is -0.349. The van der Waals surface area contributed by atoms with Crippen molar-refractivity contribution in [2.45, 2.75) is 6.92 Å². The number of carbonyl (C=O) groups excluding carboxylic acids is 1. The minimum Gasteiger partial charge on any atom is -0.384 e. The molecule has 0 aliphatic carbocycles. The summed E-state index contributed by atoms with van der Waals surface area (Å²) in [5.74, 6) is 4.87. The number of aromatic nitrogens is 2. The zero-order valence-corrected chi connectivity index (χ0v) is 10.9. The fourth-order valence-electron chi connectivity index (χ4n) is 1.64. The molecule has 0 radical (unpaired) electrons. The van der Waals surface area contributed by atoms with Gasteiger partial charge < -0.3 is 10.4 Å². The third kappa shape index (κ3) is 3.40. The molecule has 0 aliphatic heterocycles. The van der Waals surface area contributed by atoms with Gasteiger partial charge in [-0.15, -0.1) is 0 Å². The van der Waals surface area contributed by atoms with E-state index in [0.29, 0.717) is 11.3 Å². The molecule has 20 heavy (non-hydrogen) atoms. The zero-order valence-electron chi connectivity index (χ0n) is 10.9. The number of nitrogens with zero attached hydrogens (tertiary/aromatic N) is 2. The molecule has 0 bridgehead atoms. The number of pyridine rings is 2. The van der Waals surface area contributed by atoms with Gasteiger partial charge in [0, 0.05) is 23.8 Å². The van der Waals surface area contributed by atoms with Crippen LogP contribution in [0.4, 0.5) is 5.69 Å². The summed E-state index contributed by atoms with van der Waals surface area (Å²) in [6.45, 7) is 1.58. The Balaban J connectivity index is 2.25. The fraction of sp³-hybridized carbons (Fsp3) is 0.133. The number of carbonyl (C=O) groups is 1. The molecule has 0 spiro atoms. The first kappa shape index (κ1) is 13.7. The van der Waals surface area contributed by atoms with Gasteiger partial charge in [-0.2, -0.15) is 0 Å². The fourth-order valence-corrected chi connectivity index (χ4v) is 1.64. The molecule has 0 aliphatic rings. The molecule has 0 unspecified atom stereocenters. The molecule has 2 rings (SSSR count). The van der Waals surface area contributed by atoms with Crippen molar-refractivity contribution in [1.29, 1.82) is 0 Å². The maximum Gasteiger partial charge on any atom is 0.275 e. The molecule has 2 heterocycles. The lowest BCUT2D eigenvalue weighted by Gasteiger charge is -2.06. The van der Waals surface area contributed by atoms with E-state index in [1.165, 1.54) is 6.20 Å². The van der Waals surface area contributed by atoms with Gasteiger partial charge in [-0.05, 0) is 31.2 Å². The number of hydrogen-bond acceptors (Lipinski definition) is 4. The first-order chi connectivity index (χ1) is 9.70. The Morgan fingerprint density at radius 3 is 2.95 bits per heavy atom. The predicted octanol–water partition coefficient (Wildman–Crippen LogP) is 1.38. The third-order valence-corrected chi connectivity index (χ3v) is 2.48. The van der Waals surface area contributed by atoms with E-state index in [-0.39, 0.29) is 18.2 Å². The predicted molar refractivity (Wildman–Crippen MR) is 75.1 cm³/mol. The van der Waals surface area contributed by atoms with Gasteiger partial charge in [-0.1, -0.05) is 11.8 Å². The van der Waals surface area contributed by atoms with Crippen LogP contribution in [0.2, 0.25) is 0 Å². The van der Waals surface area contributed by atoms with Crippen molar-refractivity contribution in [1.82, 2.24) is 9.97 Å². The van der Waals surface area contributed by atoms with Gasteiger partial charge >= 0.3 is 0 Å². The lowest BCUT2D eigenvalue weighted by atomic mass is 10.2. The molecular weight excluding hydrogens is 254 g/mol. The SMILES string of the molecule is Cc1cc(NC(=O)c2ncccc2C#CCO)ccn1. The largest absolute Gasteiger partial charge is 0.384 e. The monoisotopic (exact) mass is 267 g/mol. The number of aliphatic hydroxyl groups is 1. The lowest BCUT2D eigenvalue weighted by Crippen LogP contribution is -2.15. The molecule has 0 aromatic carbocycles. The highest BCUT2D eigenvalue weighted by atomic mass is 16.2. The molecule has 0 atom stereocenters. The van der Waals surface area contributed by atoms with Gasteiger partial charge in [0.25, 0.3) is 5.91 Å². The summed E-state index contributed by atoms with van der Waals surface area (Å²) >= 11 is 0. The quantitative estimate of drug-likeness (QED) is 0.806. The van der Waals surface area contributed by atoms with Crippen LogP contribution in [0.3, 0.4) is 0 Å². The van der Waals surface area contributed by atoms with Crippen LogP contribution in [0.1, 0.15) is 21.7 Å². The summed E-state index contributed by atoms with van der Waals surface area (Å²) in [7, 11) is 0. The van der Waals surface area contributed by atoms with Gasteiger partial charge in [-0.3, -0.25) is 9.78 Å². The number of amides is 1. The maximum absolute atomic E-state index is 12.2. The Kier molecular flexibility index (Phi) is 4.43. The summed E-state index contributed by atoms with van der Waals surface area (Å²) in [6.07, 6.45) is 3.15. The van der Waals surface area contributed by atoms with Gasteiger partial charge in [-0.25, -0.2) is 4.98 Å². The smallest absolute Gasteiger partial charge is 0.275 e. The molecular formula is C15H13N3O2. The normalized spacial score (nSPS) is 9.50. The van der Waals surface area contributed by atoms with Crippen molar-refractivity contribution in [3.63, 3.8) is 0 Å². The van der Waals surface area contributed by atoms with Crippen molar-refractivity contribution in [3.8, 4) is 11.8 Å². The molecule has 2 aromatic heterocycles. The Morgan fingerprint density at radius 1 is 1.35 bits per heavy atom. The average Bonchev–Trinajstić information content (AvgIpc) is 2.45. The number of rotatable bonds is 2. The van der Waals surface area contributed by atoms with Crippen LogP contribution in [0.15, 0.2) is 36.7 Å². The van der Waals surface area contributed by atoms with Crippen molar-refractivity contribution < 1.29 is 9.90 Å². The number of aryl methyl sites for hydroxylation is 1. The Labute approximate surface area is 116 Å². The van der Waals surface area contributed by atoms with E-state index in [9.17, 15) is 4.79 Å². The highest BCUT2D eigenvalue weighted by Gasteiger charge is 2.11. The number of nitrogens with one attached hydrogen (secondary N) is 1. The van der Waals surface area contributed by atoms with Crippen LogP contribution in [0, 0.1) is 18.8 Å². The Hall–Kier alpha value is -2.71. The van der Waals surface area contributed by atoms with Gasteiger partial charge in [0.1, 0.15) is 12.3 Å². The number of hydrogen-bond donors (Lipinski definition) is 2. The van der Waals surface area contributed by atoms with Crippen molar-refractivity contribution in [3.05, 3.63) is 53.6 Å². The van der Waals surface area contributed by atoms with Crippen LogP contribution < -0.4 is 5.32 Å². The van der Waals surface area contributed by atoms with Crippen LogP contribution in [-0.4, -0.2) is 27.6 Å². The highest BCUT2D eigenvalue weighted by Crippen LogP contribution is 2.11. The van der Waals surface area contributed by atoms with Crippen LogP contribution >= 0.6 is 0 Å². The second-order valence-corrected chi connectivity index (χ2v) is 4.00. The van der Waals surface area contributed by atoms with Gasteiger partial charge in [0.2, 0.25) is 0 Å². The summed E-state index contributed by atoms with van der Waals surface area (Å²) in [4.78, 5) is 20.3. The maximum atomic E-state index is 12.2. The van der Waals surface area contributed by atoms with Gasteiger partial charge in [0.15, 0.2) is 0 Å². The summed E-state index contributed by atoms with van der Waals surface area (Å²) in [5.41, 5.74) is 2.16. The molecule has 5 nitrogen and oxygen atoms in total. The molecule has 1 amide bonds. The molecule has 0 saturated carbocycles. The summed E-state index contributed by atoms with van der Waals surface area (Å²) in [5, 5.41) is 11.5. The van der Waals surface area contributed by atoms with Crippen LogP contribution in [0.5, 0.6) is 0 Å². The second-order valence-electron chi connectivity index (χ2n) is 4.00. The van der Waals surface area contributed by atoms with Crippen LogP contribution in [-0.2, 0) is 0 Å². The molecule has 5 heteroatoms. The lowest BCUT2D eigenvalue weighted by molar-refractivity contribution is 0.102. The molecule has 0 saturated heterocycles. The number of aliphatic hydroxyl groups excluding tert-OH is 1.